The van der Waals surface area contributed by atoms with Crippen LogP contribution < -0.4 is 0 Å². The second kappa shape index (κ2) is 5.86. The summed E-state index contributed by atoms with van der Waals surface area (Å²) in [5, 5.41) is 3.60. The standard InChI is InChI=1S/C18H16Br2S/c1-10-7-11(2)16(12(3)8-10)17(20)14-9-21-18-13(14)5-4-6-15(18)19/h4-9,17H,1-3H3. The van der Waals surface area contributed by atoms with Gasteiger partial charge in [-0.15, -0.1) is 11.3 Å². The van der Waals surface area contributed by atoms with Crippen LogP contribution in [0.15, 0.2) is 40.2 Å². The Labute approximate surface area is 146 Å². The molecular formula is C18H16Br2S. The molecule has 1 aromatic heterocycles. The van der Waals surface area contributed by atoms with Crippen molar-refractivity contribution in [3.05, 3.63) is 68.0 Å². The summed E-state index contributed by atoms with van der Waals surface area (Å²) < 4.78 is 2.49. The Balaban J connectivity index is 2.18. The van der Waals surface area contributed by atoms with Gasteiger partial charge in [-0.2, -0.15) is 0 Å². The molecule has 1 heterocycles. The second-order valence-corrected chi connectivity index (χ2v) is 8.13. The summed E-state index contributed by atoms with van der Waals surface area (Å²) in [5.74, 6) is 0. The van der Waals surface area contributed by atoms with Crippen LogP contribution in [-0.2, 0) is 0 Å². The predicted molar refractivity (Wildman–Crippen MR) is 101 cm³/mol. The summed E-state index contributed by atoms with van der Waals surface area (Å²) in [7, 11) is 0. The number of alkyl halides is 1. The van der Waals surface area contributed by atoms with Crippen molar-refractivity contribution in [3.63, 3.8) is 0 Å². The summed E-state index contributed by atoms with van der Waals surface area (Å²) in [6, 6.07) is 11.0. The van der Waals surface area contributed by atoms with Crippen molar-refractivity contribution in [2.45, 2.75) is 25.6 Å². The van der Waals surface area contributed by atoms with E-state index >= 15 is 0 Å². The van der Waals surface area contributed by atoms with Gasteiger partial charge in [0.1, 0.15) is 0 Å². The molecular weight excluding hydrogens is 408 g/mol. The van der Waals surface area contributed by atoms with E-state index in [0.717, 1.165) is 0 Å². The topological polar surface area (TPSA) is 0 Å². The molecule has 0 aliphatic heterocycles. The lowest BCUT2D eigenvalue weighted by molar-refractivity contribution is 1.12. The van der Waals surface area contributed by atoms with Gasteiger partial charge >= 0.3 is 0 Å². The minimum Gasteiger partial charge on any atom is -0.142 e. The Kier molecular flexibility index (Phi) is 4.26. The number of fused-ring (bicyclic) bond motifs is 1. The third-order valence-corrected chi connectivity index (χ3v) is 6.77. The van der Waals surface area contributed by atoms with Gasteiger partial charge in [0, 0.05) is 9.17 Å². The maximum Gasteiger partial charge on any atom is 0.0663 e. The first-order chi connectivity index (χ1) is 9.99. The third kappa shape index (κ3) is 2.71. The molecule has 0 saturated heterocycles. The monoisotopic (exact) mass is 422 g/mol. The first-order valence-corrected chi connectivity index (χ1v) is 9.45. The SMILES string of the molecule is Cc1cc(C)c(C(Br)c2csc3c(Br)cccc23)c(C)c1. The van der Waals surface area contributed by atoms with Gasteiger partial charge in [-0.05, 0) is 75.8 Å². The molecule has 0 N–H and O–H groups in total. The number of thiophene rings is 1. The van der Waals surface area contributed by atoms with Crippen LogP contribution in [0.25, 0.3) is 10.1 Å². The Hall–Kier alpha value is -0.640. The molecule has 0 aliphatic carbocycles. The molecule has 21 heavy (non-hydrogen) atoms. The van der Waals surface area contributed by atoms with E-state index in [1.165, 1.54) is 42.4 Å². The summed E-state index contributed by atoms with van der Waals surface area (Å²) >= 11 is 9.39. The van der Waals surface area contributed by atoms with Crippen molar-refractivity contribution in [3.8, 4) is 0 Å². The predicted octanol–water partition coefficient (Wildman–Crippen LogP) is 7.07. The van der Waals surface area contributed by atoms with Gasteiger partial charge in [0.15, 0.2) is 0 Å². The Morgan fingerprint density at radius 1 is 1.05 bits per heavy atom. The molecule has 1 atom stereocenters. The van der Waals surface area contributed by atoms with E-state index in [-0.39, 0.29) is 4.83 Å². The van der Waals surface area contributed by atoms with Crippen LogP contribution in [0.5, 0.6) is 0 Å². The third-order valence-electron chi connectivity index (χ3n) is 3.85. The van der Waals surface area contributed by atoms with Crippen molar-refractivity contribution in [1.29, 1.82) is 0 Å². The largest absolute Gasteiger partial charge is 0.142 e. The molecule has 3 aromatic rings. The molecule has 3 heteroatoms. The molecule has 3 rings (SSSR count). The highest BCUT2D eigenvalue weighted by atomic mass is 79.9. The summed E-state index contributed by atoms with van der Waals surface area (Å²) in [6.45, 7) is 6.56. The molecule has 0 nitrogen and oxygen atoms in total. The molecule has 0 radical (unpaired) electrons. The number of benzene rings is 2. The van der Waals surface area contributed by atoms with E-state index in [0.29, 0.717) is 0 Å². The minimum atomic E-state index is 0.237. The smallest absolute Gasteiger partial charge is 0.0663 e. The zero-order chi connectivity index (χ0) is 15.1. The van der Waals surface area contributed by atoms with Gasteiger partial charge in [-0.1, -0.05) is 45.8 Å². The molecule has 108 valence electrons. The van der Waals surface area contributed by atoms with Crippen molar-refractivity contribution >= 4 is 53.3 Å². The number of aryl methyl sites for hydroxylation is 3. The lowest BCUT2D eigenvalue weighted by Crippen LogP contribution is -1.99. The van der Waals surface area contributed by atoms with Crippen molar-refractivity contribution in [2.75, 3.05) is 0 Å². The molecule has 2 aromatic carbocycles. The molecule has 0 amide bonds. The average Bonchev–Trinajstić information content (AvgIpc) is 2.82. The lowest BCUT2D eigenvalue weighted by Gasteiger charge is -2.17. The van der Waals surface area contributed by atoms with Crippen LogP contribution >= 0.6 is 43.2 Å². The molecule has 0 saturated carbocycles. The van der Waals surface area contributed by atoms with Gasteiger partial charge in [0.05, 0.1) is 4.83 Å². The minimum absolute atomic E-state index is 0.237. The fraction of sp³-hybridized carbons (Fsp3) is 0.222. The van der Waals surface area contributed by atoms with Crippen LogP contribution in [0.3, 0.4) is 0 Å². The maximum atomic E-state index is 3.94. The van der Waals surface area contributed by atoms with E-state index in [1.807, 2.05) is 0 Å². The van der Waals surface area contributed by atoms with Crippen molar-refractivity contribution in [2.24, 2.45) is 0 Å². The Morgan fingerprint density at radius 3 is 2.38 bits per heavy atom. The Morgan fingerprint density at radius 2 is 1.71 bits per heavy atom. The van der Waals surface area contributed by atoms with Crippen molar-refractivity contribution in [1.82, 2.24) is 0 Å². The van der Waals surface area contributed by atoms with Gasteiger partial charge in [0.2, 0.25) is 0 Å². The number of hydrogen-bond acceptors (Lipinski definition) is 1. The van der Waals surface area contributed by atoms with E-state index in [1.54, 1.807) is 11.3 Å². The average molecular weight is 424 g/mol. The number of rotatable bonds is 2. The van der Waals surface area contributed by atoms with Gasteiger partial charge in [-0.3, -0.25) is 0 Å². The van der Waals surface area contributed by atoms with Gasteiger partial charge < -0.3 is 0 Å². The first-order valence-electron chi connectivity index (χ1n) is 6.86. The fourth-order valence-corrected chi connectivity index (χ4v) is 5.91. The maximum absolute atomic E-state index is 3.94. The molecule has 0 fully saturated rings. The highest BCUT2D eigenvalue weighted by molar-refractivity contribution is 9.10. The summed E-state index contributed by atoms with van der Waals surface area (Å²) in [4.78, 5) is 0.237. The van der Waals surface area contributed by atoms with Crippen LogP contribution in [0.1, 0.15) is 32.6 Å². The summed E-state index contributed by atoms with van der Waals surface area (Å²) in [6.07, 6.45) is 0. The van der Waals surface area contributed by atoms with E-state index in [2.05, 4.69) is 88.3 Å². The quantitative estimate of drug-likeness (QED) is 0.386. The normalized spacial score (nSPS) is 12.8. The first kappa shape index (κ1) is 15.3. The van der Waals surface area contributed by atoms with Gasteiger partial charge in [0.25, 0.3) is 0 Å². The fourth-order valence-electron chi connectivity index (χ4n) is 2.98. The number of hydrogen-bond donors (Lipinski definition) is 0. The van der Waals surface area contributed by atoms with Crippen LogP contribution in [0.2, 0.25) is 0 Å². The van der Waals surface area contributed by atoms with Gasteiger partial charge in [-0.25, -0.2) is 0 Å². The second-order valence-electron chi connectivity index (χ2n) is 5.48. The van der Waals surface area contributed by atoms with Crippen LogP contribution in [-0.4, -0.2) is 0 Å². The summed E-state index contributed by atoms with van der Waals surface area (Å²) in [5.41, 5.74) is 6.77. The highest BCUT2D eigenvalue weighted by Crippen LogP contribution is 2.42. The molecule has 0 spiro atoms. The zero-order valence-corrected chi connectivity index (χ0v) is 16.2. The van der Waals surface area contributed by atoms with E-state index in [9.17, 15) is 0 Å². The molecule has 1 unspecified atom stereocenters. The molecule has 0 aliphatic rings. The number of halogens is 2. The zero-order valence-electron chi connectivity index (χ0n) is 12.2. The Bertz CT molecular complexity index is 794. The van der Waals surface area contributed by atoms with Crippen molar-refractivity contribution < 1.29 is 0 Å². The molecule has 0 bridgehead atoms. The van der Waals surface area contributed by atoms with E-state index in [4.69, 9.17) is 0 Å². The lowest BCUT2D eigenvalue weighted by atomic mass is 9.94. The van der Waals surface area contributed by atoms with E-state index < -0.39 is 0 Å². The highest BCUT2D eigenvalue weighted by Gasteiger charge is 2.19. The van der Waals surface area contributed by atoms with Crippen LogP contribution in [0.4, 0.5) is 0 Å². The van der Waals surface area contributed by atoms with Crippen LogP contribution in [0, 0.1) is 20.8 Å².